The first-order valence-electron chi connectivity index (χ1n) is 11.1. The minimum Gasteiger partial charge on any atom is -0.353 e. The number of nitrogens with one attached hydrogen (secondary N) is 2. The maximum absolute atomic E-state index is 12.4. The highest BCUT2D eigenvalue weighted by atomic mass is 35.5. The van der Waals surface area contributed by atoms with Gasteiger partial charge in [0, 0.05) is 57.2 Å². The van der Waals surface area contributed by atoms with Crippen molar-refractivity contribution >= 4 is 41.1 Å². The monoisotopic (exact) mass is 491 g/mol. The second-order valence-electron chi connectivity index (χ2n) is 7.83. The van der Waals surface area contributed by atoms with Crippen molar-refractivity contribution in [3.05, 3.63) is 41.3 Å². The molecule has 0 saturated carbocycles. The summed E-state index contributed by atoms with van der Waals surface area (Å²) in [7, 11) is 0. The fourth-order valence-electron chi connectivity index (χ4n) is 3.44. The molecule has 2 aromatic heterocycles. The average molecular weight is 492 g/mol. The normalized spacial score (nSPS) is 15.9. The molecule has 3 heterocycles. The van der Waals surface area contributed by atoms with Gasteiger partial charge in [-0.1, -0.05) is 36.7 Å². The molecular formula is C22H30ClN7O2S. The quantitative estimate of drug-likeness (QED) is 0.240. The summed E-state index contributed by atoms with van der Waals surface area (Å²) in [5.74, 6) is 0.776. The van der Waals surface area contributed by atoms with Crippen LogP contribution in [0.15, 0.2) is 35.7 Å². The van der Waals surface area contributed by atoms with Crippen molar-refractivity contribution in [2.75, 3.05) is 36.8 Å². The zero-order chi connectivity index (χ0) is 23.6. The van der Waals surface area contributed by atoms with E-state index in [1.165, 1.54) is 11.8 Å². The van der Waals surface area contributed by atoms with Crippen molar-refractivity contribution in [3.63, 3.8) is 0 Å². The number of hydrogen-bond acceptors (Lipinski definition) is 7. The topological polar surface area (TPSA) is 103 Å². The summed E-state index contributed by atoms with van der Waals surface area (Å²) < 4.78 is 0. The Balaban J connectivity index is 1.52. The van der Waals surface area contributed by atoms with E-state index in [9.17, 15) is 9.59 Å². The lowest BCUT2D eigenvalue weighted by atomic mass is 10.2. The Hall–Kier alpha value is -2.59. The van der Waals surface area contributed by atoms with Crippen LogP contribution in [0.2, 0.25) is 5.15 Å². The summed E-state index contributed by atoms with van der Waals surface area (Å²) in [6, 6.07) is 5.44. The molecule has 33 heavy (non-hydrogen) atoms. The number of halogens is 1. The predicted molar refractivity (Wildman–Crippen MR) is 131 cm³/mol. The van der Waals surface area contributed by atoms with E-state index in [1.807, 2.05) is 24.0 Å². The number of rotatable bonds is 9. The van der Waals surface area contributed by atoms with Gasteiger partial charge in [-0.3, -0.25) is 9.78 Å². The molecule has 1 aliphatic rings. The Kier molecular flexibility index (Phi) is 9.56. The van der Waals surface area contributed by atoms with Crippen LogP contribution in [0.25, 0.3) is 0 Å². The number of aromatic nitrogens is 3. The number of amides is 3. The number of thioether (sulfide) groups is 1. The number of carbonyl (C=O) groups is 2. The van der Waals surface area contributed by atoms with E-state index in [1.54, 1.807) is 18.5 Å². The molecule has 3 amide bonds. The number of urea groups is 1. The third kappa shape index (κ3) is 7.75. The van der Waals surface area contributed by atoms with Gasteiger partial charge in [-0.05, 0) is 31.0 Å². The van der Waals surface area contributed by atoms with Crippen LogP contribution in [0.5, 0.6) is 0 Å². The zero-order valence-corrected chi connectivity index (χ0v) is 20.5. The van der Waals surface area contributed by atoms with Gasteiger partial charge >= 0.3 is 6.03 Å². The lowest BCUT2D eigenvalue weighted by Crippen LogP contribution is -2.56. The lowest BCUT2D eigenvalue weighted by Gasteiger charge is -2.40. The minimum atomic E-state index is -0.113. The van der Waals surface area contributed by atoms with Gasteiger partial charge in [0.15, 0.2) is 5.16 Å². The Bertz CT molecular complexity index is 934. The van der Waals surface area contributed by atoms with E-state index in [0.29, 0.717) is 48.9 Å². The summed E-state index contributed by atoms with van der Waals surface area (Å²) in [4.78, 5) is 41.4. The SMILES string of the molecule is CCCCNC(=O)N1CCN(c2cc(Cl)nc(SCC(=O)NCc3ccncc3)n2)CC1C. The molecule has 2 aromatic rings. The Morgan fingerprint density at radius 3 is 2.73 bits per heavy atom. The van der Waals surface area contributed by atoms with Gasteiger partial charge in [-0.25, -0.2) is 14.8 Å². The van der Waals surface area contributed by atoms with E-state index in [-0.39, 0.29) is 23.7 Å². The minimum absolute atomic E-state index is 0.0228. The number of pyridine rings is 1. The molecule has 1 fully saturated rings. The summed E-state index contributed by atoms with van der Waals surface area (Å²) in [6.07, 6.45) is 5.40. The molecule has 1 unspecified atom stereocenters. The number of piperazine rings is 1. The van der Waals surface area contributed by atoms with E-state index in [2.05, 4.69) is 37.4 Å². The number of carbonyl (C=O) groups excluding carboxylic acids is 2. The smallest absolute Gasteiger partial charge is 0.317 e. The third-order valence-corrected chi connectivity index (χ3v) is 6.29. The van der Waals surface area contributed by atoms with E-state index in [0.717, 1.165) is 18.4 Å². The van der Waals surface area contributed by atoms with Gasteiger partial charge in [0.05, 0.1) is 5.75 Å². The van der Waals surface area contributed by atoms with Gasteiger partial charge in [0.2, 0.25) is 5.91 Å². The molecule has 9 nitrogen and oxygen atoms in total. The highest BCUT2D eigenvalue weighted by molar-refractivity contribution is 7.99. The number of hydrogen-bond donors (Lipinski definition) is 2. The second kappa shape index (κ2) is 12.6. The predicted octanol–water partition coefficient (Wildman–Crippen LogP) is 2.95. The van der Waals surface area contributed by atoms with Crippen LogP contribution in [-0.2, 0) is 11.3 Å². The molecule has 0 bridgehead atoms. The maximum Gasteiger partial charge on any atom is 0.317 e. The lowest BCUT2D eigenvalue weighted by molar-refractivity contribution is -0.118. The van der Waals surface area contributed by atoms with E-state index >= 15 is 0 Å². The highest BCUT2D eigenvalue weighted by Gasteiger charge is 2.28. The molecule has 0 radical (unpaired) electrons. The highest BCUT2D eigenvalue weighted by Crippen LogP contribution is 2.24. The average Bonchev–Trinajstić information content (AvgIpc) is 2.81. The fourth-order valence-corrected chi connectivity index (χ4v) is 4.35. The van der Waals surface area contributed by atoms with Crippen LogP contribution in [0.4, 0.5) is 10.6 Å². The first kappa shape index (κ1) is 25.0. The molecule has 0 aromatic carbocycles. The number of anilines is 1. The van der Waals surface area contributed by atoms with Gasteiger partial charge in [-0.2, -0.15) is 0 Å². The molecule has 178 valence electrons. The summed E-state index contributed by atoms with van der Waals surface area (Å²) in [6.45, 7) is 7.15. The number of unbranched alkanes of at least 4 members (excludes halogenated alkanes) is 1. The molecule has 3 rings (SSSR count). The van der Waals surface area contributed by atoms with Crippen LogP contribution < -0.4 is 15.5 Å². The summed E-state index contributed by atoms with van der Waals surface area (Å²) in [5, 5.41) is 6.63. The molecular weight excluding hydrogens is 462 g/mol. The van der Waals surface area contributed by atoms with Crippen molar-refractivity contribution in [1.82, 2.24) is 30.5 Å². The molecule has 1 saturated heterocycles. The first-order valence-corrected chi connectivity index (χ1v) is 12.4. The van der Waals surface area contributed by atoms with Gasteiger partial charge in [0.25, 0.3) is 0 Å². The molecule has 1 aliphatic heterocycles. The number of nitrogens with zero attached hydrogens (tertiary/aromatic N) is 5. The van der Waals surface area contributed by atoms with Gasteiger partial charge in [-0.15, -0.1) is 0 Å². The van der Waals surface area contributed by atoms with Crippen molar-refractivity contribution in [2.24, 2.45) is 0 Å². The van der Waals surface area contributed by atoms with Crippen LogP contribution in [0, 0.1) is 0 Å². The van der Waals surface area contributed by atoms with Crippen molar-refractivity contribution in [2.45, 2.75) is 44.4 Å². The van der Waals surface area contributed by atoms with E-state index in [4.69, 9.17) is 11.6 Å². The zero-order valence-electron chi connectivity index (χ0n) is 19.0. The standard InChI is InChI=1S/C22H30ClN7O2S/c1-3-4-7-25-22(32)30-11-10-29(14-16(30)2)19-12-18(23)27-21(28-19)33-15-20(31)26-13-17-5-8-24-9-6-17/h5-6,8-9,12,16H,3-4,7,10-11,13-15H2,1-2H3,(H,25,32)(H,26,31). The Morgan fingerprint density at radius 1 is 1.21 bits per heavy atom. The van der Waals surface area contributed by atoms with Crippen LogP contribution >= 0.6 is 23.4 Å². The van der Waals surface area contributed by atoms with Crippen LogP contribution in [0.3, 0.4) is 0 Å². The molecule has 0 spiro atoms. The molecule has 2 N–H and O–H groups in total. The third-order valence-electron chi connectivity index (χ3n) is 5.25. The van der Waals surface area contributed by atoms with Gasteiger partial charge < -0.3 is 20.4 Å². The molecule has 1 atom stereocenters. The molecule has 0 aliphatic carbocycles. The summed E-state index contributed by atoms with van der Waals surface area (Å²) >= 11 is 7.48. The van der Waals surface area contributed by atoms with Crippen LogP contribution in [-0.4, -0.2) is 69.8 Å². The first-order chi connectivity index (χ1) is 16.0. The summed E-state index contributed by atoms with van der Waals surface area (Å²) in [5.41, 5.74) is 0.983. The van der Waals surface area contributed by atoms with Crippen molar-refractivity contribution in [1.29, 1.82) is 0 Å². The van der Waals surface area contributed by atoms with Crippen molar-refractivity contribution in [3.8, 4) is 0 Å². The van der Waals surface area contributed by atoms with Crippen LogP contribution in [0.1, 0.15) is 32.3 Å². The molecule has 11 heteroatoms. The largest absolute Gasteiger partial charge is 0.353 e. The van der Waals surface area contributed by atoms with Gasteiger partial charge in [0.1, 0.15) is 11.0 Å². The van der Waals surface area contributed by atoms with E-state index < -0.39 is 0 Å². The fraction of sp³-hybridized carbons (Fsp3) is 0.500. The maximum atomic E-state index is 12.4. The Labute approximate surface area is 203 Å². The Morgan fingerprint density at radius 2 is 2.00 bits per heavy atom. The second-order valence-corrected chi connectivity index (χ2v) is 9.16. The van der Waals surface area contributed by atoms with Crippen molar-refractivity contribution < 1.29 is 9.59 Å².